The van der Waals surface area contributed by atoms with E-state index in [1.54, 1.807) is 7.11 Å². The summed E-state index contributed by atoms with van der Waals surface area (Å²) in [5, 5.41) is 1.03. The first-order chi connectivity index (χ1) is 11.1. The van der Waals surface area contributed by atoms with E-state index >= 15 is 0 Å². The summed E-state index contributed by atoms with van der Waals surface area (Å²) in [6.45, 7) is 8.19. The minimum atomic E-state index is -0.456. The van der Waals surface area contributed by atoms with Crippen molar-refractivity contribution in [2.45, 2.75) is 38.9 Å². The summed E-state index contributed by atoms with van der Waals surface area (Å²) in [6.07, 6.45) is 0. The van der Waals surface area contributed by atoms with Crippen LogP contribution in [0.4, 0.5) is 5.82 Å². The first kappa shape index (κ1) is 17.1. The van der Waals surface area contributed by atoms with E-state index in [0.717, 1.165) is 27.9 Å². The molecule has 1 aromatic heterocycles. The van der Waals surface area contributed by atoms with Crippen molar-refractivity contribution in [1.82, 2.24) is 4.98 Å². The topological polar surface area (TPSA) is 43.8 Å². The lowest BCUT2D eigenvalue weighted by molar-refractivity contribution is 0.00578. The van der Waals surface area contributed by atoms with Gasteiger partial charge in [-0.05, 0) is 45.9 Å². The van der Waals surface area contributed by atoms with Crippen molar-refractivity contribution >= 4 is 29.3 Å². The Kier molecular flexibility index (Phi) is 4.01. The van der Waals surface area contributed by atoms with Gasteiger partial charge in [-0.15, -0.1) is 0 Å². The Morgan fingerprint density at radius 3 is 2.21 bits per heavy atom. The molecule has 1 aliphatic heterocycles. The molecule has 5 nitrogen and oxygen atoms in total. The van der Waals surface area contributed by atoms with Gasteiger partial charge in [0.05, 0.1) is 23.8 Å². The number of anilines is 1. The highest BCUT2D eigenvalue weighted by Crippen LogP contribution is 2.37. The molecule has 0 saturated carbocycles. The quantitative estimate of drug-likeness (QED) is 0.811. The Labute approximate surface area is 144 Å². The lowest BCUT2D eigenvalue weighted by Gasteiger charge is -2.32. The second-order valence-corrected chi connectivity index (χ2v) is 7.44. The van der Waals surface area contributed by atoms with Crippen molar-refractivity contribution in [3.8, 4) is 5.75 Å². The Morgan fingerprint density at radius 1 is 1.04 bits per heavy atom. The minimum Gasteiger partial charge on any atom is -0.497 e. The van der Waals surface area contributed by atoms with Crippen LogP contribution in [0.15, 0.2) is 24.3 Å². The largest absolute Gasteiger partial charge is 0.498 e. The number of rotatable bonds is 3. The number of pyridine rings is 1. The molecule has 0 radical (unpaired) electrons. The van der Waals surface area contributed by atoms with E-state index in [9.17, 15) is 0 Å². The smallest absolute Gasteiger partial charge is 0.497 e. The molecular formula is C18H25BN2O3. The molecule has 0 unspecified atom stereocenters. The lowest BCUT2D eigenvalue weighted by Crippen LogP contribution is -2.41. The van der Waals surface area contributed by atoms with Crippen LogP contribution in [0.25, 0.3) is 10.9 Å². The third-order valence-electron chi connectivity index (χ3n) is 4.99. The van der Waals surface area contributed by atoms with Gasteiger partial charge < -0.3 is 18.9 Å². The number of hydrogen-bond donors (Lipinski definition) is 0. The summed E-state index contributed by atoms with van der Waals surface area (Å²) in [4.78, 5) is 6.65. The molecule has 1 saturated heterocycles. The second-order valence-electron chi connectivity index (χ2n) is 7.44. The molecule has 0 amide bonds. The summed E-state index contributed by atoms with van der Waals surface area (Å²) in [5.41, 5.74) is 1.01. The number of methoxy groups -OCH3 is 1. The highest BCUT2D eigenvalue weighted by atomic mass is 16.7. The van der Waals surface area contributed by atoms with Gasteiger partial charge in [-0.2, -0.15) is 0 Å². The maximum absolute atomic E-state index is 6.17. The molecule has 6 heteroatoms. The fourth-order valence-electron chi connectivity index (χ4n) is 2.74. The minimum absolute atomic E-state index is 0.384. The van der Waals surface area contributed by atoms with E-state index in [1.165, 1.54) is 0 Å². The van der Waals surface area contributed by atoms with Gasteiger partial charge in [0, 0.05) is 31.0 Å². The Bertz CT molecular complexity index is 758. The zero-order valence-electron chi connectivity index (χ0n) is 15.5. The number of fused-ring (bicyclic) bond motifs is 1. The maximum Gasteiger partial charge on any atom is 0.498 e. The van der Waals surface area contributed by atoms with Crippen LogP contribution in [-0.4, -0.2) is 44.5 Å². The van der Waals surface area contributed by atoms with Gasteiger partial charge in [-0.3, -0.25) is 0 Å². The Morgan fingerprint density at radius 2 is 1.67 bits per heavy atom. The normalized spacial score (nSPS) is 18.9. The van der Waals surface area contributed by atoms with Crippen molar-refractivity contribution in [3.05, 3.63) is 24.3 Å². The van der Waals surface area contributed by atoms with Gasteiger partial charge in [0.1, 0.15) is 11.6 Å². The molecule has 1 aliphatic rings. The molecule has 24 heavy (non-hydrogen) atoms. The molecule has 0 N–H and O–H groups in total. The number of ether oxygens (including phenoxy) is 1. The summed E-state index contributed by atoms with van der Waals surface area (Å²) < 4.78 is 17.9. The average molecular weight is 328 g/mol. The Balaban J connectivity index is 2.07. The molecule has 0 atom stereocenters. The van der Waals surface area contributed by atoms with E-state index in [1.807, 2.05) is 64.9 Å². The zero-order chi connectivity index (χ0) is 17.7. The van der Waals surface area contributed by atoms with Crippen LogP contribution in [0, 0.1) is 0 Å². The molecular weight excluding hydrogens is 303 g/mol. The SMILES string of the molecule is COc1cc2nc(N(C)C)ccc2cc1B1OC(C)(C)C(C)(C)O1. The average Bonchev–Trinajstić information content (AvgIpc) is 2.73. The molecule has 2 aromatic rings. The summed E-state index contributed by atoms with van der Waals surface area (Å²) in [7, 11) is 5.16. The van der Waals surface area contributed by atoms with Gasteiger partial charge in [0.2, 0.25) is 0 Å². The zero-order valence-corrected chi connectivity index (χ0v) is 15.5. The van der Waals surface area contributed by atoms with E-state index in [0.29, 0.717) is 0 Å². The number of hydrogen-bond acceptors (Lipinski definition) is 5. The first-order valence-electron chi connectivity index (χ1n) is 8.16. The summed E-state index contributed by atoms with van der Waals surface area (Å²) in [5.74, 6) is 1.64. The molecule has 128 valence electrons. The van der Waals surface area contributed by atoms with Gasteiger partial charge >= 0.3 is 7.12 Å². The number of nitrogens with zero attached hydrogens (tertiary/aromatic N) is 2. The predicted octanol–water partition coefficient (Wildman–Crippen LogP) is 2.61. The molecule has 3 rings (SSSR count). The standard InChI is InChI=1S/C18H25BN2O3/c1-17(2)18(3,4)24-19(23-17)13-10-12-8-9-16(21(5)6)20-14(12)11-15(13)22-7/h8-11H,1-7H3. The van der Waals surface area contributed by atoms with Crippen LogP contribution in [0.1, 0.15) is 27.7 Å². The fourth-order valence-corrected chi connectivity index (χ4v) is 2.74. The maximum atomic E-state index is 6.17. The highest BCUT2D eigenvalue weighted by molar-refractivity contribution is 6.63. The van der Waals surface area contributed by atoms with E-state index in [2.05, 4.69) is 11.1 Å². The molecule has 1 aromatic carbocycles. The van der Waals surface area contributed by atoms with E-state index in [4.69, 9.17) is 14.0 Å². The Hall–Kier alpha value is -1.79. The summed E-state index contributed by atoms with van der Waals surface area (Å²) >= 11 is 0. The van der Waals surface area contributed by atoms with Crippen molar-refractivity contribution in [2.75, 3.05) is 26.1 Å². The lowest BCUT2D eigenvalue weighted by atomic mass is 9.77. The van der Waals surface area contributed by atoms with Gasteiger partial charge in [-0.1, -0.05) is 0 Å². The van der Waals surface area contributed by atoms with Crippen LogP contribution in [0.2, 0.25) is 0 Å². The third kappa shape index (κ3) is 2.74. The van der Waals surface area contributed by atoms with Crippen LogP contribution in [0.5, 0.6) is 5.75 Å². The van der Waals surface area contributed by atoms with E-state index in [-0.39, 0.29) is 11.2 Å². The second kappa shape index (κ2) is 5.64. The van der Waals surface area contributed by atoms with Crippen LogP contribution in [-0.2, 0) is 9.31 Å². The van der Waals surface area contributed by atoms with Crippen LogP contribution in [0.3, 0.4) is 0 Å². The van der Waals surface area contributed by atoms with Gasteiger partial charge in [0.15, 0.2) is 0 Å². The molecule has 2 heterocycles. The van der Waals surface area contributed by atoms with Gasteiger partial charge in [-0.25, -0.2) is 4.98 Å². The first-order valence-corrected chi connectivity index (χ1v) is 8.16. The van der Waals surface area contributed by atoms with Crippen LogP contribution >= 0.6 is 0 Å². The van der Waals surface area contributed by atoms with E-state index < -0.39 is 7.12 Å². The number of benzene rings is 1. The molecule has 0 bridgehead atoms. The highest BCUT2D eigenvalue weighted by Gasteiger charge is 2.52. The molecule has 0 aliphatic carbocycles. The monoisotopic (exact) mass is 328 g/mol. The van der Waals surface area contributed by atoms with Gasteiger partial charge in [0.25, 0.3) is 0 Å². The predicted molar refractivity (Wildman–Crippen MR) is 98.3 cm³/mol. The number of aromatic nitrogens is 1. The third-order valence-corrected chi connectivity index (χ3v) is 4.99. The fraction of sp³-hybridized carbons (Fsp3) is 0.500. The van der Waals surface area contributed by atoms with Crippen molar-refractivity contribution in [3.63, 3.8) is 0 Å². The summed E-state index contributed by atoms with van der Waals surface area (Å²) in [6, 6.07) is 8.06. The van der Waals surface area contributed by atoms with Crippen LogP contribution < -0.4 is 15.1 Å². The molecule has 1 fully saturated rings. The van der Waals surface area contributed by atoms with Crippen molar-refractivity contribution in [2.24, 2.45) is 0 Å². The molecule has 0 spiro atoms. The van der Waals surface area contributed by atoms with Crippen molar-refractivity contribution < 1.29 is 14.0 Å². The van der Waals surface area contributed by atoms with Crippen molar-refractivity contribution in [1.29, 1.82) is 0 Å².